The second kappa shape index (κ2) is 7.39. The minimum absolute atomic E-state index is 0.343. The molecule has 0 aliphatic carbocycles. The van der Waals surface area contributed by atoms with Gasteiger partial charge in [-0.1, -0.05) is 54.6 Å². The Balaban J connectivity index is 1.69. The maximum absolute atomic E-state index is 13.7. The summed E-state index contributed by atoms with van der Waals surface area (Å²) in [6.45, 7) is 0. The highest BCUT2D eigenvalue weighted by Crippen LogP contribution is 2.57. The van der Waals surface area contributed by atoms with Crippen molar-refractivity contribution in [3.05, 3.63) is 113 Å². The Bertz CT molecular complexity index is 1380. The number of benzene rings is 4. The van der Waals surface area contributed by atoms with Crippen LogP contribution in [0.4, 0.5) is 17.1 Å². The fraction of sp³-hybridized carbons (Fsp3) is 0.138. The van der Waals surface area contributed by atoms with Crippen LogP contribution in [0.1, 0.15) is 27.0 Å². The molecule has 2 aliphatic rings. The second-order valence-electron chi connectivity index (χ2n) is 8.84. The SMILES string of the molecule is CN(C)c1cc(N(C)c2ccccc2)c2c(c1)C1(OC2=O)c2ccccc2Oc2ccccc21. The van der Waals surface area contributed by atoms with E-state index in [9.17, 15) is 4.79 Å². The number of para-hydroxylation sites is 3. The summed E-state index contributed by atoms with van der Waals surface area (Å²) in [6, 6.07) is 29.7. The second-order valence-corrected chi connectivity index (χ2v) is 8.84. The Kier molecular flexibility index (Phi) is 4.42. The number of ether oxygens (including phenoxy) is 2. The van der Waals surface area contributed by atoms with E-state index in [4.69, 9.17) is 9.47 Å². The number of hydrogen-bond acceptors (Lipinski definition) is 5. The van der Waals surface area contributed by atoms with E-state index in [0.717, 1.165) is 33.8 Å². The van der Waals surface area contributed by atoms with Crippen LogP contribution in [0.25, 0.3) is 0 Å². The molecule has 0 fully saturated rings. The third-order valence-corrected chi connectivity index (χ3v) is 6.71. The molecule has 5 heteroatoms. The van der Waals surface area contributed by atoms with Gasteiger partial charge in [0.25, 0.3) is 0 Å². The molecule has 0 atom stereocenters. The number of carbonyl (C=O) groups excluding carboxylic acids is 1. The zero-order valence-corrected chi connectivity index (χ0v) is 19.3. The van der Waals surface area contributed by atoms with Crippen molar-refractivity contribution in [1.29, 1.82) is 0 Å². The minimum atomic E-state index is -1.09. The Labute approximate surface area is 198 Å². The van der Waals surface area contributed by atoms with E-state index in [2.05, 4.69) is 11.0 Å². The summed E-state index contributed by atoms with van der Waals surface area (Å²) in [6.07, 6.45) is 0. The quantitative estimate of drug-likeness (QED) is 0.355. The van der Waals surface area contributed by atoms with E-state index >= 15 is 0 Å². The van der Waals surface area contributed by atoms with Gasteiger partial charge >= 0.3 is 5.97 Å². The summed E-state index contributed by atoms with van der Waals surface area (Å²) >= 11 is 0. The zero-order valence-electron chi connectivity index (χ0n) is 19.3. The molecule has 0 aromatic heterocycles. The number of carbonyl (C=O) groups is 1. The molecule has 6 rings (SSSR count). The lowest BCUT2D eigenvalue weighted by Gasteiger charge is -2.36. The van der Waals surface area contributed by atoms with Crippen molar-refractivity contribution < 1.29 is 14.3 Å². The molecule has 168 valence electrons. The molecule has 1 spiro atoms. The molecule has 0 N–H and O–H groups in total. The van der Waals surface area contributed by atoms with Crippen LogP contribution in [-0.4, -0.2) is 27.1 Å². The largest absolute Gasteiger partial charge is 0.456 e. The Morgan fingerprint density at radius 3 is 1.88 bits per heavy atom. The van der Waals surface area contributed by atoms with Crippen LogP contribution < -0.4 is 14.5 Å². The van der Waals surface area contributed by atoms with E-state index in [1.807, 2.05) is 111 Å². The average Bonchev–Trinajstić information content (AvgIpc) is 3.16. The lowest BCUT2D eigenvalue weighted by Crippen LogP contribution is -2.33. The standard InChI is InChI=1S/C29H24N2O3/c1-30(2)20-17-23-27(24(18-20)31(3)19-11-5-4-6-12-19)28(32)34-29(23)21-13-7-9-15-25(21)33-26-16-10-8-14-22(26)29/h4-18H,1-3H3. The van der Waals surface area contributed by atoms with Crippen molar-refractivity contribution in [3.8, 4) is 11.5 Å². The molecular weight excluding hydrogens is 424 g/mol. The third kappa shape index (κ3) is 2.76. The molecule has 2 heterocycles. The summed E-state index contributed by atoms with van der Waals surface area (Å²) in [7, 11) is 5.99. The average molecular weight is 449 g/mol. The van der Waals surface area contributed by atoms with Crippen molar-refractivity contribution >= 4 is 23.0 Å². The molecule has 2 aliphatic heterocycles. The molecule has 4 aromatic rings. The summed E-state index contributed by atoms with van der Waals surface area (Å²) in [5.74, 6) is 1.04. The predicted octanol–water partition coefficient (Wildman–Crippen LogP) is 6.09. The molecule has 0 bridgehead atoms. The summed E-state index contributed by atoms with van der Waals surface area (Å²) in [5, 5.41) is 0. The molecule has 0 amide bonds. The van der Waals surface area contributed by atoms with Crippen molar-refractivity contribution in [2.75, 3.05) is 30.9 Å². The lowest BCUT2D eigenvalue weighted by molar-refractivity contribution is 0.0225. The van der Waals surface area contributed by atoms with E-state index in [0.29, 0.717) is 17.1 Å². The van der Waals surface area contributed by atoms with Crippen molar-refractivity contribution in [2.45, 2.75) is 5.60 Å². The normalized spacial score (nSPS) is 14.5. The van der Waals surface area contributed by atoms with Crippen molar-refractivity contribution in [2.24, 2.45) is 0 Å². The smallest absolute Gasteiger partial charge is 0.342 e. The summed E-state index contributed by atoms with van der Waals surface area (Å²) in [4.78, 5) is 17.8. The van der Waals surface area contributed by atoms with Crippen LogP contribution in [0.2, 0.25) is 0 Å². The van der Waals surface area contributed by atoms with E-state index < -0.39 is 5.60 Å². The van der Waals surface area contributed by atoms with Gasteiger partial charge in [-0.25, -0.2) is 4.79 Å². The molecule has 5 nitrogen and oxygen atoms in total. The first-order valence-electron chi connectivity index (χ1n) is 11.3. The first kappa shape index (κ1) is 20.4. The number of esters is 1. The van der Waals surface area contributed by atoms with E-state index in [-0.39, 0.29) is 5.97 Å². The molecule has 4 aromatic carbocycles. The number of anilines is 3. The zero-order chi connectivity index (χ0) is 23.4. The van der Waals surface area contributed by atoms with Gasteiger partial charge in [0.15, 0.2) is 5.60 Å². The number of fused-ring (bicyclic) bond motifs is 6. The van der Waals surface area contributed by atoms with Gasteiger partial charge in [0.05, 0.1) is 11.3 Å². The predicted molar refractivity (Wildman–Crippen MR) is 134 cm³/mol. The van der Waals surface area contributed by atoms with Crippen LogP contribution in [0.5, 0.6) is 11.5 Å². The molecule has 0 radical (unpaired) electrons. The molecule has 0 unspecified atom stereocenters. The van der Waals surface area contributed by atoms with Crippen LogP contribution in [-0.2, 0) is 10.3 Å². The highest BCUT2D eigenvalue weighted by atomic mass is 16.6. The van der Waals surface area contributed by atoms with Crippen molar-refractivity contribution in [3.63, 3.8) is 0 Å². The van der Waals surface area contributed by atoms with Gasteiger partial charge in [-0.15, -0.1) is 0 Å². The number of nitrogens with zero attached hydrogens (tertiary/aromatic N) is 2. The van der Waals surface area contributed by atoms with Gasteiger partial charge in [-0.3, -0.25) is 0 Å². The number of hydrogen-bond donors (Lipinski definition) is 0. The van der Waals surface area contributed by atoms with E-state index in [1.54, 1.807) is 0 Å². The van der Waals surface area contributed by atoms with E-state index in [1.165, 1.54) is 0 Å². The lowest BCUT2D eigenvalue weighted by atomic mass is 9.77. The third-order valence-electron chi connectivity index (χ3n) is 6.71. The highest BCUT2D eigenvalue weighted by molar-refractivity contribution is 6.04. The van der Waals surface area contributed by atoms with Crippen LogP contribution in [0.15, 0.2) is 91.0 Å². The van der Waals surface area contributed by atoms with Gasteiger partial charge in [0.2, 0.25) is 0 Å². The van der Waals surface area contributed by atoms with Crippen LogP contribution in [0.3, 0.4) is 0 Å². The minimum Gasteiger partial charge on any atom is -0.456 e. The maximum Gasteiger partial charge on any atom is 0.342 e. The van der Waals surface area contributed by atoms with Crippen LogP contribution >= 0.6 is 0 Å². The fourth-order valence-corrected chi connectivity index (χ4v) is 5.02. The van der Waals surface area contributed by atoms with Crippen LogP contribution in [0, 0.1) is 0 Å². The van der Waals surface area contributed by atoms with Gasteiger partial charge in [0, 0.05) is 49.2 Å². The Morgan fingerprint density at radius 1 is 0.676 bits per heavy atom. The number of rotatable bonds is 3. The summed E-state index contributed by atoms with van der Waals surface area (Å²) in [5.41, 5.74) is 4.73. The summed E-state index contributed by atoms with van der Waals surface area (Å²) < 4.78 is 12.6. The molecule has 0 saturated heterocycles. The Hall–Kier alpha value is -4.25. The Morgan fingerprint density at radius 2 is 1.26 bits per heavy atom. The maximum atomic E-state index is 13.7. The topological polar surface area (TPSA) is 42.0 Å². The monoisotopic (exact) mass is 448 g/mol. The molecule has 34 heavy (non-hydrogen) atoms. The first-order valence-corrected chi connectivity index (χ1v) is 11.3. The van der Waals surface area contributed by atoms with Gasteiger partial charge in [0.1, 0.15) is 11.5 Å². The first-order chi connectivity index (χ1) is 16.5. The molecule has 0 saturated carbocycles. The fourth-order valence-electron chi connectivity index (χ4n) is 5.02. The van der Waals surface area contributed by atoms with Crippen molar-refractivity contribution in [1.82, 2.24) is 0 Å². The van der Waals surface area contributed by atoms with Gasteiger partial charge < -0.3 is 19.3 Å². The molecular formula is C29H24N2O3. The highest BCUT2D eigenvalue weighted by Gasteiger charge is 2.54. The van der Waals surface area contributed by atoms with Gasteiger partial charge in [-0.2, -0.15) is 0 Å². The van der Waals surface area contributed by atoms with Gasteiger partial charge in [-0.05, 0) is 36.4 Å².